The molecule has 0 saturated heterocycles. The molecule has 1 unspecified atom stereocenters. The molecule has 0 bridgehead atoms. The third kappa shape index (κ3) is 3.66. The van der Waals surface area contributed by atoms with E-state index < -0.39 is 0 Å². The van der Waals surface area contributed by atoms with Crippen molar-refractivity contribution < 1.29 is 9.53 Å². The molecule has 0 fully saturated rings. The van der Waals surface area contributed by atoms with E-state index in [2.05, 4.69) is 49.4 Å². The highest BCUT2D eigenvalue weighted by molar-refractivity contribution is 6.30. The summed E-state index contributed by atoms with van der Waals surface area (Å²) < 4.78 is 6.03. The van der Waals surface area contributed by atoms with Gasteiger partial charge in [0.1, 0.15) is 5.76 Å². The Morgan fingerprint density at radius 1 is 0.968 bits per heavy atom. The maximum atomic E-state index is 13.7. The summed E-state index contributed by atoms with van der Waals surface area (Å²) in [4.78, 5) is 15.5. The van der Waals surface area contributed by atoms with E-state index in [0.717, 1.165) is 33.7 Å². The van der Waals surface area contributed by atoms with Crippen LogP contribution in [0.5, 0.6) is 0 Å². The largest absolute Gasteiger partial charge is 0.492 e. The van der Waals surface area contributed by atoms with Gasteiger partial charge in [-0.15, -0.1) is 0 Å². The van der Waals surface area contributed by atoms with Gasteiger partial charge in [0.15, 0.2) is 0 Å². The highest BCUT2D eigenvalue weighted by atomic mass is 35.5. The number of carbonyl (C=O) groups excluding carboxylic acids is 1. The Labute approximate surface area is 187 Å². The Morgan fingerprint density at radius 3 is 2.39 bits per heavy atom. The molecule has 0 N–H and O–H groups in total. The van der Waals surface area contributed by atoms with Crippen LogP contribution in [-0.4, -0.2) is 12.5 Å². The predicted octanol–water partition coefficient (Wildman–Crippen LogP) is 6.49. The molecule has 1 atom stereocenters. The van der Waals surface area contributed by atoms with E-state index in [4.69, 9.17) is 16.3 Å². The van der Waals surface area contributed by atoms with Crippen molar-refractivity contribution in [2.45, 2.75) is 19.4 Å². The topological polar surface area (TPSA) is 29.5 Å². The molecule has 154 valence electrons. The van der Waals surface area contributed by atoms with Gasteiger partial charge in [-0.3, -0.25) is 9.69 Å². The first kappa shape index (κ1) is 19.7. The van der Waals surface area contributed by atoms with Gasteiger partial charge in [0.25, 0.3) is 5.91 Å². The number of hydrogen-bond acceptors (Lipinski definition) is 2. The van der Waals surface area contributed by atoms with Crippen molar-refractivity contribution in [1.82, 2.24) is 0 Å². The van der Waals surface area contributed by atoms with E-state index in [0.29, 0.717) is 18.1 Å². The van der Waals surface area contributed by atoms with E-state index >= 15 is 0 Å². The maximum Gasteiger partial charge on any atom is 0.258 e. The molecule has 2 heterocycles. The summed E-state index contributed by atoms with van der Waals surface area (Å²) in [5.74, 6) is 0.718. The van der Waals surface area contributed by atoms with Gasteiger partial charge in [0.05, 0.1) is 18.2 Å². The lowest BCUT2D eigenvalue weighted by Crippen LogP contribution is -2.40. The van der Waals surface area contributed by atoms with Crippen molar-refractivity contribution in [3.05, 3.63) is 117 Å². The maximum absolute atomic E-state index is 13.7. The van der Waals surface area contributed by atoms with E-state index in [9.17, 15) is 4.79 Å². The SMILES string of the molecule is Cc1ccc(C2/C(=C\c3ccccc3)C3=C(CCO3)C(=O)N2c2ccc(Cl)cc2)cc1. The van der Waals surface area contributed by atoms with Crippen molar-refractivity contribution in [2.24, 2.45) is 0 Å². The van der Waals surface area contributed by atoms with Gasteiger partial charge in [-0.1, -0.05) is 71.8 Å². The quantitative estimate of drug-likeness (QED) is 0.477. The molecular weight excluding hydrogens is 406 g/mol. The monoisotopic (exact) mass is 427 g/mol. The van der Waals surface area contributed by atoms with Gasteiger partial charge < -0.3 is 4.74 Å². The van der Waals surface area contributed by atoms with E-state index in [1.165, 1.54) is 5.56 Å². The molecule has 0 saturated carbocycles. The van der Waals surface area contributed by atoms with Crippen LogP contribution in [0.1, 0.15) is 29.2 Å². The number of aryl methyl sites for hydroxylation is 1. The summed E-state index contributed by atoms with van der Waals surface area (Å²) in [7, 11) is 0. The summed E-state index contributed by atoms with van der Waals surface area (Å²) in [6, 6.07) is 25.7. The van der Waals surface area contributed by atoms with Crippen LogP contribution < -0.4 is 4.90 Å². The Balaban J connectivity index is 1.75. The highest BCUT2D eigenvalue weighted by Crippen LogP contribution is 2.46. The van der Waals surface area contributed by atoms with Gasteiger partial charge in [-0.05, 0) is 48.4 Å². The Kier molecular flexibility index (Phi) is 5.13. The molecule has 31 heavy (non-hydrogen) atoms. The Hall–Kier alpha value is -3.30. The number of hydrogen-bond donors (Lipinski definition) is 0. The van der Waals surface area contributed by atoms with E-state index in [1.54, 1.807) is 0 Å². The zero-order chi connectivity index (χ0) is 21.4. The average Bonchev–Trinajstić information content (AvgIpc) is 3.28. The molecule has 0 radical (unpaired) electrons. The second-order valence-corrected chi connectivity index (χ2v) is 8.32. The van der Waals surface area contributed by atoms with Crippen LogP contribution in [0, 0.1) is 6.92 Å². The number of halogens is 1. The minimum Gasteiger partial charge on any atom is -0.492 e. The first-order chi connectivity index (χ1) is 15.1. The molecule has 0 spiro atoms. The van der Waals surface area contributed by atoms with Crippen molar-refractivity contribution in [3.8, 4) is 0 Å². The van der Waals surface area contributed by atoms with Crippen molar-refractivity contribution >= 4 is 29.3 Å². The molecule has 2 aliphatic rings. The lowest BCUT2D eigenvalue weighted by molar-refractivity contribution is -0.115. The molecule has 3 nitrogen and oxygen atoms in total. The fraction of sp³-hybridized carbons (Fsp3) is 0.148. The first-order valence-electron chi connectivity index (χ1n) is 10.4. The summed E-state index contributed by atoms with van der Waals surface area (Å²) in [5.41, 5.74) is 5.84. The van der Waals surface area contributed by atoms with E-state index in [1.807, 2.05) is 47.4 Å². The molecule has 1 amide bonds. The summed E-state index contributed by atoms with van der Waals surface area (Å²) >= 11 is 6.14. The molecular formula is C27H22ClNO2. The normalized spacial score (nSPS) is 19.5. The number of anilines is 1. The molecule has 5 rings (SSSR count). The highest BCUT2D eigenvalue weighted by Gasteiger charge is 2.42. The molecule has 3 aromatic rings. The molecule has 4 heteroatoms. The standard InChI is InChI=1S/C27H22ClNO2/c1-18-7-9-20(10-8-18)25-24(17-19-5-3-2-4-6-19)26-23(15-16-31-26)27(30)29(25)22-13-11-21(28)12-14-22/h2-14,17,25H,15-16H2,1H3/b24-17+. The summed E-state index contributed by atoms with van der Waals surface area (Å²) in [6.07, 6.45) is 2.76. The number of carbonyl (C=O) groups is 1. The fourth-order valence-corrected chi connectivity index (χ4v) is 4.39. The molecule has 2 aliphatic heterocycles. The van der Waals surface area contributed by atoms with Gasteiger partial charge in [0.2, 0.25) is 0 Å². The second kappa shape index (κ2) is 8.09. The van der Waals surface area contributed by atoms with Crippen molar-refractivity contribution in [3.63, 3.8) is 0 Å². The first-order valence-corrected chi connectivity index (χ1v) is 10.8. The van der Waals surface area contributed by atoms with Gasteiger partial charge >= 0.3 is 0 Å². The average molecular weight is 428 g/mol. The van der Waals surface area contributed by atoms with Gasteiger partial charge in [0, 0.05) is 22.7 Å². The van der Waals surface area contributed by atoms with Crippen LogP contribution in [0.4, 0.5) is 5.69 Å². The number of benzene rings is 3. The molecule has 3 aromatic carbocycles. The van der Waals surface area contributed by atoms with Crippen LogP contribution in [-0.2, 0) is 9.53 Å². The van der Waals surface area contributed by atoms with Crippen LogP contribution in [0.15, 0.2) is 95.8 Å². The fourth-order valence-electron chi connectivity index (χ4n) is 4.26. The smallest absolute Gasteiger partial charge is 0.258 e. The number of ether oxygens (including phenoxy) is 1. The third-order valence-electron chi connectivity index (χ3n) is 5.78. The van der Waals surface area contributed by atoms with Crippen molar-refractivity contribution in [2.75, 3.05) is 11.5 Å². The lowest BCUT2D eigenvalue weighted by atomic mass is 9.87. The summed E-state index contributed by atoms with van der Waals surface area (Å²) in [6.45, 7) is 2.59. The van der Waals surface area contributed by atoms with Crippen LogP contribution in [0.25, 0.3) is 6.08 Å². The Morgan fingerprint density at radius 2 is 1.68 bits per heavy atom. The summed E-state index contributed by atoms with van der Waals surface area (Å²) in [5, 5.41) is 0.643. The molecule has 0 aliphatic carbocycles. The number of amides is 1. The zero-order valence-corrected chi connectivity index (χ0v) is 18.0. The van der Waals surface area contributed by atoms with Gasteiger partial charge in [-0.25, -0.2) is 0 Å². The van der Waals surface area contributed by atoms with Crippen LogP contribution >= 0.6 is 11.6 Å². The number of nitrogens with zero attached hydrogens (tertiary/aromatic N) is 1. The zero-order valence-electron chi connectivity index (χ0n) is 17.2. The molecule has 0 aromatic heterocycles. The van der Waals surface area contributed by atoms with Crippen LogP contribution in [0.3, 0.4) is 0 Å². The minimum atomic E-state index is -0.300. The third-order valence-corrected chi connectivity index (χ3v) is 6.04. The van der Waals surface area contributed by atoms with E-state index in [-0.39, 0.29) is 11.9 Å². The van der Waals surface area contributed by atoms with Crippen LogP contribution in [0.2, 0.25) is 5.02 Å². The predicted molar refractivity (Wildman–Crippen MR) is 125 cm³/mol. The number of rotatable bonds is 3. The minimum absolute atomic E-state index is 0.00870. The van der Waals surface area contributed by atoms with Gasteiger partial charge in [-0.2, -0.15) is 0 Å². The second-order valence-electron chi connectivity index (χ2n) is 7.88. The van der Waals surface area contributed by atoms with Crippen molar-refractivity contribution in [1.29, 1.82) is 0 Å². The lowest BCUT2D eigenvalue weighted by Gasteiger charge is -2.38. The Bertz CT molecular complexity index is 1180.